The average molecular weight is 510 g/mol. The largest absolute Gasteiger partial charge is 0.493 e. The van der Waals surface area contributed by atoms with E-state index in [2.05, 4.69) is 0 Å². The molecule has 1 saturated carbocycles. The van der Waals surface area contributed by atoms with Crippen molar-refractivity contribution in [3.05, 3.63) is 64.8 Å². The van der Waals surface area contributed by atoms with E-state index in [1.165, 1.54) is 0 Å². The number of ether oxygens (including phenoxy) is 3. The summed E-state index contributed by atoms with van der Waals surface area (Å²) in [5.74, 6) is 2.03. The number of aryl methyl sites for hydroxylation is 1. The molecule has 2 heterocycles. The quantitative estimate of drug-likeness (QED) is 0.357. The minimum absolute atomic E-state index is 0.0687. The molecule has 1 aliphatic carbocycles. The number of para-hydroxylation sites is 2. The van der Waals surface area contributed by atoms with Crippen molar-refractivity contribution in [3.63, 3.8) is 0 Å². The number of amides is 1. The van der Waals surface area contributed by atoms with Crippen molar-refractivity contribution in [2.24, 2.45) is 5.92 Å². The monoisotopic (exact) mass is 509 g/mol. The van der Waals surface area contributed by atoms with E-state index in [0.29, 0.717) is 35.5 Å². The summed E-state index contributed by atoms with van der Waals surface area (Å²) in [4.78, 5) is 15.4. The molecule has 2 aliphatic rings. The van der Waals surface area contributed by atoms with E-state index in [4.69, 9.17) is 30.9 Å². The highest BCUT2D eigenvalue weighted by molar-refractivity contribution is 6.30. The normalized spacial score (nSPS) is 17.6. The van der Waals surface area contributed by atoms with Gasteiger partial charge in [-0.1, -0.05) is 30.2 Å². The highest BCUT2D eigenvalue weighted by Crippen LogP contribution is 2.37. The number of rotatable bonds is 9. The Balaban J connectivity index is 1.54. The zero-order valence-corrected chi connectivity index (χ0v) is 21.5. The molecule has 1 atom stereocenters. The van der Waals surface area contributed by atoms with Gasteiger partial charge in [0, 0.05) is 24.1 Å². The minimum atomic E-state index is 0.0687. The standard InChI is InChI=1S/C28H32ClN3O4/c1-19-24(18-31(17-23-9-6-16-35-23)27(33)20-7-5-8-20)28(36-26-11-4-3-10-25(26)34-2)32(30-19)22-14-12-21(29)13-15-22/h3-4,10-15,20,23H,5-9,16-18H2,1-2H3. The Morgan fingerprint density at radius 3 is 2.50 bits per heavy atom. The Hall–Kier alpha value is -3.03. The number of halogens is 1. The lowest BCUT2D eigenvalue weighted by Crippen LogP contribution is -2.42. The molecule has 2 aromatic carbocycles. The number of benzene rings is 2. The van der Waals surface area contributed by atoms with Crippen LogP contribution in [0.2, 0.25) is 5.02 Å². The summed E-state index contributed by atoms with van der Waals surface area (Å²) in [6.45, 7) is 3.69. The SMILES string of the molecule is COc1ccccc1Oc1c(CN(CC2CCCO2)C(=O)C2CCC2)c(C)nn1-c1ccc(Cl)cc1. The second kappa shape index (κ2) is 10.9. The first kappa shape index (κ1) is 24.7. The average Bonchev–Trinajstić information content (AvgIpc) is 3.47. The molecule has 1 saturated heterocycles. The second-order valence-electron chi connectivity index (χ2n) is 9.49. The smallest absolute Gasteiger partial charge is 0.228 e. The molecule has 5 rings (SSSR count). The zero-order chi connectivity index (χ0) is 25.1. The number of carbonyl (C=O) groups is 1. The summed E-state index contributed by atoms with van der Waals surface area (Å²) < 4.78 is 19.7. The van der Waals surface area contributed by atoms with Gasteiger partial charge < -0.3 is 19.1 Å². The van der Waals surface area contributed by atoms with E-state index in [1.807, 2.05) is 60.4 Å². The van der Waals surface area contributed by atoms with Gasteiger partial charge in [0.1, 0.15) is 0 Å². The van der Waals surface area contributed by atoms with Crippen LogP contribution in [0.5, 0.6) is 17.4 Å². The van der Waals surface area contributed by atoms with E-state index in [1.54, 1.807) is 11.8 Å². The van der Waals surface area contributed by atoms with Gasteiger partial charge in [0.25, 0.3) is 0 Å². The molecule has 0 radical (unpaired) electrons. The number of carbonyl (C=O) groups excluding carboxylic acids is 1. The van der Waals surface area contributed by atoms with Crippen LogP contribution in [0, 0.1) is 12.8 Å². The van der Waals surface area contributed by atoms with E-state index in [0.717, 1.165) is 55.7 Å². The lowest BCUT2D eigenvalue weighted by molar-refractivity contribution is -0.140. The molecule has 1 unspecified atom stereocenters. The number of hydrogen-bond acceptors (Lipinski definition) is 5. The van der Waals surface area contributed by atoms with Gasteiger partial charge in [-0.05, 0) is 69.0 Å². The van der Waals surface area contributed by atoms with Crippen LogP contribution in [0.4, 0.5) is 0 Å². The highest BCUT2D eigenvalue weighted by atomic mass is 35.5. The fourth-order valence-electron chi connectivity index (χ4n) is 4.76. The van der Waals surface area contributed by atoms with Crippen molar-refractivity contribution in [2.45, 2.75) is 51.7 Å². The van der Waals surface area contributed by atoms with Crippen molar-refractivity contribution in [1.82, 2.24) is 14.7 Å². The van der Waals surface area contributed by atoms with Crippen LogP contribution >= 0.6 is 11.6 Å². The van der Waals surface area contributed by atoms with Crippen molar-refractivity contribution in [2.75, 3.05) is 20.3 Å². The molecule has 0 N–H and O–H groups in total. The molecule has 1 aliphatic heterocycles. The van der Waals surface area contributed by atoms with Gasteiger partial charge in [-0.15, -0.1) is 0 Å². The Kier molecular flexibility index (Phi) is 7.48. The first-order valence-corrected chi connectivity index (χ1v) is 13.0. The molecule has 1 aromatic heterocycles. The molecule has 1 amide bonds. The van der Waals surface area contributed by atoms with Crippen molar-refractivity contribution >= 4 is 17.5 Å². The third-order valence-electron chi connectivity index (χ3n) is 7.05. The summed E-state index contributed by atoms with van der Waals surface area (Å²) in [6.07, 6.45) is 5.09. The molecular formula is C28H32ClN3O4. The Morgan fingerprint density at radius 2 is 1.86 bits per heavy atom. The molecule has 36 heavy (non-hydrogen) atoms. The van der Waals surface area contributed by atoms with Crippen LogP contribution in [0.3, 0.4) is 0 Å². The summed E-state index contributed by atoms with van der Waals surface area (Å²) >= 11 is 6.14. The highest BCUT2D eigenvalue weighted by Gasteiger charge is 2.33. The molecule has 7 nitrogen and oxygen atoms in total. The van der Waals surface area contributed by atoms with Gasteiger partial charge in [-0.2, -0.15) is 5.10 Å². The molecule has 2 fully saturated rings. The topological polar surface area (TPSA) is 65.8 Å². The lowest BCUT2D eigenvalue weighted by atomic mass is 9.84. The molecule has 0 spiro atoms. The Morgan fingerprint density at radius 1 is 1.11 bits per heavy atom. The van der Waals surface area contributed by atoms with Crippen molar-refractivity contribution < 1.29 is 19.0 Å². The van der Waals surface area contributed by atoms with E-state index in [9.17, 15) is 4.79 Å². The minimum Gasteiger partial charge on any atom is -0.493 e. The second-order valence-corrected chi connectivity index (χ2v) is 9.93. The van der Waals surface area contributed by atoms with E-state index in [-0.39, 0.29) is 17.9 Å². The molecule has 0 bridgehead atoms. The van der Waals surface area contributed by atoms with Crippen LogP contribution in [0.25, 0.3) is 5.69 Å². The summed E-state index contributed by atoms with van der Waals surface area (Å²) in [6, 6.07) is 15.0. The number of nitrogens with zero attached hydrogens (tertiary/aromatic N) is 3. The van der Waals surface area contributed by atoms with Gasteiger partial charge in [-0.3, -0.25) is 4.79 Å². The molecule has 3 aromatic rings. The fourth-order valence-corrected chi connectivity index (χ4v) is 4.89. The van der Waals surface area contributed by atoms with Gasteiger partial charge in [-0.25, -0.2) is 4.68 Å². The van der Waals surface area contributed by atoms with Crippen LogP contribution in [0.15, 0.2) is 48.5 Å². The van der Waals surface area contributed by atoms with Gasteiger partial charge >= 0.3 is 0 Å². The third kappa shape index (κ3) is 5.22. The van der Waals surface area contributed by atoms with Gasteiger partial charge in [0.15, 0.2) is 11.5 Å². The maximum absolute atomic E-state index is 13.5. The van der Waals surface area contributed by atoms with Gasteiger partial charge in [0.2, 0.25) is 11.8 Å². The van der Waals surface area contributed by atoms with Gasteiger partial charge in [0.05, 0.1) is 36.7 Å². The maximum Gasteiger partial charge on any atom is 0.228 e. The van der Waals surface area contributed by atoms with Crippen LogP contribution in [0.1, 0.15) is 43.4 Å². The van der Waals surface area contributed by atoms with Crippen LogP contribution in [-0.2, 0) is 16.1 Å². The number of hydrogen-bond donors (Lipinski definition) is 0. The third-order valence-corrected chi connectivity index (χ3v) is 7.30. The van der Waals surface area contributed by atoms with Crippen LogP contribution in [-0.4, -0.2) is 47.0 Å². The lowest BCUT2D eigenvalue weighted by Gasteiger charge is -2.33. The summed E-state index contributed by atoms with van der Waals surface area (Å²) in [7, 11) is 1.62. The number of methoxy groups -OCH3 is 1. The molecular weight excluding hydrogens is 478 g/mol. The Labute approximate surface area is 216 Å². The predicted octanol–water partition coefficient (Wildman–Crippen LogP) is 5.94. The van der Waals surface area contributed by atoms with Crippen molar-refractivity contribution in [1.29, 1.82) is 0 Å². The summed E-state index contributed by atoms with van der Waals surface area (Å²) in [5.41, 5.74) is 2.48. The van der Waals surface area contributed by atoms with E-state index < -0.39 is 0 Å². The molecule has 190 valence electrons. The first-order valence-electron chi connectivity index (χ1n) is 12.6. The molecule has 8 heteroatoms. The predicted molar refractivity (Wildman–Crippen MR) is 138 cm³/mol. The van der Waals surface area contributed by atoms with Crippen molar-refractivity contribution in [3.8, 4) is 23.1 Å². The maximum atomic E-state index is 13.5. The van der Waals surface area contributed by atoms with Crippen LogP contribution < -0.4 is 9.47 Å². The fraction of sp³-hybridized carbons (Fsp3) is 0.429. The summed E-state index contributed by atoms with van der Waals surface area (Å²) in [5, 5.41) is 5.47. The van der Waals surface area contributed by atoms with E-state index >= 15 is 0 Å². The first-order chi connectivity index (χ1) is 17.5. The zero-order valence-electron chi connectivity index (χ0n) is 20.8. The number of aromatic nitrogens is 2. The Bertz CT molecular complexity index is 1200.